The Hall–Kier alpha value is -2.08. The summed E-state index contributed by atoms with van der Waals surface area (Å²) in [6.07, 6.45) is 7.21. The molecule has 3 aliphatic rings. The molecule has 2 aliphatic heterocycles. The predicted molar refractivity (Wildman–Crippen MR) is 92.6 cm³/mol. The van der Waals surface area contributed by atoms with Gasteiger partial charge in [-0.15, -0.1) is 5.11 Å². The number of nitrogens with zero attached hydrogens (tertiary/aromatic N) is 3. The first-order valence-electron chi connectivity index (χ1n) is 8.88. The van der Waals surface area contributed by atoms with Crippen molar-refractivity contribution in [1.29, 1.82) is 0 Å². The Bertz CT molecular complexity index is 678. The molecule has 1 aromatic rings. The molecule has 0 radical (unpaired) electrons. The summed E-state index contributed by atoms with van der Waals surface area (Å²) in [6.45, 7) is 2.06. The number of hydrogen-bond acceptors (Lipinski definition) is 6. The molecule has 0 bridgehead atoms. The molecule has 24 heavy (non-hydrogen) atoms. The highest BCUT2D eigenvalue weighted by atomic mass is 16.3. The number of fused-ring (bicyclic) bond motifs is 1. The van der Waals surface area contributed by atoms with Crippen LogP contribution in [-0.4, -0.2) is 36.2 Å². The van der Waals surface area contributed by atoms with Gasteiger partial charge < -0.3 is 20.6 Å². The molecule has 0 aromatic heterocycles. The lowest BCUT2D eigenvalue weighted by atomic mass is 10.0. The van der Waals surface area contributed by atoms with Gasteiger partial charge in [0, 0.05) is 31.4 Å². The summed E-state index contributed by atoms with van der Waals surface area (Å²) >= 11 is 0. The number of piperidine rings is 1. The summed E-state index contributed by atoms with van der Waals surface area (Å²) < 4.78 is 0. The van der Waals surface area contributed by atoms with E-state index >= 15 is 0 Å². The van der Waals surface area contributed by atoms with Gasteiger partial charge in [-0.2, -0.15) is 5.11 Å². The number of phenolic OH excluding ortho intramolecular Hbond substituents is 1. The third-order valence-electron chi connectivity index (χ3n) is 5.20. The molecule has 0 saturated carbocycles. The first-order chi connectivity index (χ1) is 11.7. The van der Waals surface area contributed by atoms with Gasteiger partial charge in [0.2, 0.25) is 0 Å². The predicted octanol–water partition coefficient (Wildman–Crippen LogP) is 2.42. The average molecular weight is 327 g/mol. The van der Waals surface area contributed by atoms with Crippen molar-refractivity contribution in [3.63, 3.8) is 0 Å². The first kappa shape index (κ1) is 15.4. The normalized spacial score (nSPS) is 26.2. The molecule has 0 amide bonds. The SMILES string of the molecule is CN1C=C(N[C@@H]2CCCNC2)N=NC1c1ccc2c(c1O)CCC2. The fourth-order valence-corrected chi connectivity index (χ4v) is 3.89. The highest BCUT2D eigenvalue weighted by Crippen LogP contribution is 2.39. The van der Waals surface area contributed by atoms with Crippen molar-refractivity contribution in [2.45, 2.75) is 44.3 Å². The Kier molecular flexibility index (Phi) is 4.14. The van der Waals surface area contributed by atoms with Crippen LogP contribution in [0.2, 0.25) is 0 Å². The topological polar surface area (TPSA) is 72.2 Å². The number of rotatable bonds is 3. The van der Waals surface area contributed by atoms with Gasteiger partial charge in [0.1, 0.15) is 5.75 Å². The van der Waals surface area contributed by atoms with Crippen LogP contribution in [-0.2, 0) is 12.8 Å². The first-order valence-corrected chi connectivity index (χ1v) is 8.88. The van der Waals surface area contributed by atoms with Crippen LogP contribution in [0, 0.1) is 0 Å². The fraction of sp³-hybridized carbons (Fsp3) is 0.556. The lowest BCUT2D eigenvalue weighted by Gasteiger charge is -2.30. The standard InChI is InChI=1S/C18H25N5O/c1-23-11-16(20-13-5-3-9-19-10-13)21-22-18(23)15-8-7-12-4-2-6-14(12)17(15)24/h7-8,11,13,18-20,24H,2-6,9-10H2,1H3/t13-,18?/m1/s1. The number of azo groups is 1. The summed E-state index contributed by atoms with van der Waals surface area (Å²) in [5, 5.41) is 26.3. The number of nitrogens with one attached hydrogen (secondary N) is 2. The zero-order chi connectivity index (χ0) is 16.5. The highest BCUT2D eigenvalue weighted by Gasteiger charge is 2.26. The van der Waals surface area contributed by atoms with Gasteiger partial charge in [-0.05, 0) is 49.8 Å². The largest absolute Gasteiger partial charge is 0.507 e. The third-order valence-corrected chi connectivity index (χ3v) is 5.20. The van der Waals surface area contributed by atoms with E-state index in [1.807, 2.05) is 24.2 Å². The van der Waals surface area contributed by atoms with Crippen molar-refractivity contribution >= 4 is 0 Å². The van der Waals surface area contributed by atoms with Crippen LogP contribution in [0.15, 0.2) is 34.4 Å². The van der Waals surface area contributed by atoms with E-state index in [1.54, 1.807) is 0 Å². The van der Waals surface area contributed by atoms with Gasteiger partial charge in [0.05, 0.1) is 0 Å². The second-order valence-corrected chi connectivity index (χ2v) is 6.95. The van der Waals surface area contributed by atoms with E-state index in [0.717, 1.165) is 55.7 Å². The minimum atomic E-state index is -0.258. The van der Waals surface area contributed by atoms with Gasteiger partial charge in [0.25, 0.3) is 0 Å². The Morgan fingerprint density at radius 1 is 1.29 bits per heavy atom. The molecule has 0 spiro atoms. The Balaban J connectivity index is 1.50. The van der Waals surface area contributed by atoms with E-state index in [2.05, 4.69) is 26.9 Å². The monoisotopic (exact) mass is 327 g/mol. The van der Waals surface area contributed by atoms with Crippen LogP contribution in [0.1, 0.15) is 42.1 Å². The molecule has 2 heterocycles. The van der Waals surface area contributed by atoms with Crippen LogP contribution < -0.4 is 10.6 Å². The maximum absolute atomic E-state index is 10.6. The summed E-state index contributed by atoms with van der Waals surface area (Å²) in [6, 6.07) is 4.53. The minimum Gasteiger partial charge on any atom is -0.507 e. The molecule has 6 heteroatoms. The highest BCUT2D eigenvalue weighted by molar-refractivity contribution is 5.49. The van der Waals surface area contributed by atoms with E-state index in [-0.39, 0.29) is 6.17 Å². The zero-order valence-electron chi connectivity index (χ0n) is 14.1. The van der Waals surface area contributed by atoms with Crippen LogP contribution >= 0.6 is 0 Å². The number of hydrogen-bond donors (Lipinski definition) is 3. The Morgan fingerprint density at radius 2 is 2.21 bits per heavy atom. The molecule has 1 fully saturated rings. The molecule has 1 saturated heterocycles. The summed E-state index contributed by atoms with van der Waals surface area (Å²) in [7, 11) is 1.98. The van der Waals surface area contributed by atoms with E-state index < -0.39 is 0 Å². The van der Waals surface area contributed by atoms with Gasteiger partial charge in [-0.25, -0.2) is 0 Å². The molecule has 1 unspecified atom stereocenters. The number of aryl methyl sites for hydroxylation is 1. The maximum atomic E-state index is 10.6. The molecule has 3 N–H and O–H groups in total. The molecule has 4 rings (SSSR count). The molecule has 1 aliphatic carbocycles. The van der Waals surface area contributed by atoms with E-state index in [0.29, 0.717) is 11.8 Å². The lowest BCUT2D eigenvalue weighted by molar-refractivity contribution is 0.300. The van der Waals surface area contributed by atoms with Crippen molar-refractivity contribution in [3.05, 3.63) is 40.8 Å². The second-order valence-electron chi connectivity index (χ2n) is 6.95. The van der Waals surface area contributed by atoms with Crippen LogP contribution in [0.4, 0.5) is 0 Å². The Morgan fingerprint density at radius 3 is 3.00 bits per heavy atom. The Labute approximate surface area is 142 Å². The van der Waals surface area contributed by atoms with Gasteiger partial charge in [-0.3, -0.25) is 0 Å². The van der Waals surface area contributed by atoms with E-state index in [1.165, 1.54) is 12.0 Å². The van der Waals surface area contributed by atoms with Crippen LogP contribution in [0.3, 0.4) is 0 Å². The quantitative estimate of drug-likeness (QED) is 0.797. The van der Waals surface area contributed by atoms with Gasteiger partial charge in [-0.1, -0.05) is 12.1 Å². The summed E-state index contributed by atoms with van der Waals surface area (Å²) in [4.78, 5) is 2.02. The zero-order valence-corrected chi connectivity index (χ0v) is 14.1. The van der Waals surface area contributed by atoms with Crippen molar-refractivity contribution in [2.75, 3.05) is 20.1 Å². The summed E-state index contributed by atoms with van der Waals surface area (Å²) in [5.74, 6) is 1.20. The number of phenols is 1. The van der Waals surface area contributed by atoms with Gasteiger partial charge in [0.15, 0.2) is 12.0 Å². The summed E-state index contributed by atoms with van der Waals surface area (Å²) in [5.41, 5.74) is 3.21. The van der Waals surface area contributed by atoms with Crippen molar-refractivity contribution in [2.24, 2.45) is 10.2 Å². The van der Waals surface area contributed by atoms with Crippen molar-refractivity contribution < 1.29 is 5.11 Å². The minimum absolute atomic E-state index is 0.258. The fourth-order valence-electron chi connectivity index (χ4n) is 3.89. The molecular formula is C18H25N5O. The second kappa shape index (κ2) is 6.43. The van der Waals surface area contributed by atoms with E-state index in [9.17, 15) is 5.11 Å². The smallest absolute Gasteiger partial charge is 0.171 e. The molecular weight excluding hydrogens is 302 g/mol. The molecule has 128 valence electrons. The third kappa shape index (κ3) is 2.86. The van der Waals surface area contributed by atoms with E-state index in [4.69, 9.17) is 0 Å². The van der Waals surface area contributed by atoms with Crippen LogP contribution in [0.25, 0.3) is 0 Å². The average Bonchev–Trinajstić information content (AvgIpc) is 3.07. The van der Waals surface area contributed by atoms with Crippen molar-refractivity contribution in [1.82, 2.24) is 15.5 Å². The van der Waals surface area contributed by atoms with Gasteiger partial charge >= 0.3 is 0 Å². The molecule has 1 aromatic carbocycles. The number of aromatic hydroxyl groups is 1. The number of benzene rings is 1. The van der Waals surface area contributed by atoms with Crippen molar-refractivity contribution in [3.8, 4) is 5.75 Å². The molecule has 6 nitrogen and oxygen atoms in total. The molecule has 2 atom stereocenters. The van der Waals surface area contributed by atoms with Crippen LogP contribution in [0.5, 0.6) is 5.75 Å². The lowest BCUT2D eigenvalue weighted by Crippen LogP contribution is -2.43. The maximum Gasteiger partial charge on any atom is 0.171 e.